The minimum atomic E-state index is -0.265. The van der Waals surface area contributed by atoms with Crippen LogP contribution in [0.1, 0.15) is 15.9 Å². The lowest BCUT2D eigenvalue weighted by atomic mass is 10.0. The molecule has 4 rings (SSSR count). The van der Waals surface area contributed by atoms with Crippen molar-refractivity contribution in [1.29, 1.82) is 0 Å². The number of hydrogen-bond acceptors (Lipinski definition) is 2. The second-order valence-corrected chi connectivity index (χ2v) is 9.43. The maximum absolute atomic E-state index is 13.3. The lowest BCUT2D eigenvalue weighted by Gasteiger charge is -2.13. The van der Waals surface area contributed by atoms with Crippen LogP contribution in [0.4, 0.5) is 5.69 Å². The average molecular weight is 565 g/mol. The van der Waals surface area contributed by atoms with E-state index >= 15 is 0 Å². The summed E-state index contributed by atoms with van der Waals surface area (Å²) in [4.78, 5) is 18.1. The first kappa shape index (κ1) is 21.3. The van der Waals surface area contributed by atoms with Gasteiger partial charge in [-0.05, 0) is 61.0 Å². The molecule has 1 heterocycles. The highest BCUT2D eigenvalue weighted by molar-refractivity contribution is 9.10. The summed E-state index contributed by atoms with van der Waals surface area (Å²) in [7, 11) is 0. The van der Waals surface area contributed by atoms with Crippen LogP contribution < -0.4 is 5.32 Å². The zero-order valence-electron chi connectivity index (χ0n) is 15.6. The first-order chi connectivity index (χ1) is 14.3. The van der Waals surface area contributed by atoms with Crippen LogP contribution in [0.15, 0.2) is 69.6 Å². The SMILES string of the molecule is Cc1cc(Br)cc2c(C(=O)Nc3ccc(Br)cc3Cl)cc(-c3ccc(Cl)cc3)nc12. The fourth-order valence-corrected chi connectivity index (χ4v) is 4.61. The summed E-state index contributed by atoms with van der Waals surface area (Å²) in [5.41, 5.74) is 4.34. The number of rotatable bonds is 3. The molecule has 1 aromatic heterocycles. The Morgan fingerprint density at radius 2 is 1.67 bits per heavy atom. The summed E-state index contributed by atoms with van der Waals surface area (Å²) in [6.07, 6.45) is 0. The monoisotopic (exact) mass is 562 g/mol. The van der Waals surface area contributed by atoms with Crippen molar-refractivity contribution < 1.29 is 4.79 Å². The van der Waals surface area contributed by atoms with Crippen LogP contribution in [0, 0.1) is 6.92 Å². The number of carbonyl (C=O) groups is 1. The van der Waals surface area contributed by atoms with Crippen molar-refractivity contribution in [2.75, 3.05) is 5.32 Å². The predicted octanol–water partition coefficient (Wildman–Crippen LogP) is 8.29. The van der Waals surface area contributed by atoms with E-state index in [0.29, 0.717) is 27.0 Å². The minimum Gasteiger partial charge on any atom is -0.321 e. The standard InChI is InChI=1S/C23H14Br2Cl2N2O/c1-12-8-15(25)9-17-18(23(30)29-20-7-4-14(24)10-19(20)27)11-21(28-22(12)17)13-2-5-16(26)6-3-13/h2-11H,1H3,(H,29,30). The van der Waals surface area contributed by atoms with Crippen LogP contribution in [-0.2, 0) is 0 Å². The van der Waals surface area contributed by atoms with Crippen LogP contribution in [-0.4, -0.2) is 10.9 Å². The number of aromatic nitrogens is 1. The number of aryl methyl sites for hydroxylation is 1. The Bertz CT molecular complexity index is 1290. The number of halogens is 4. The summed E-state index contributed by atoms with van der Waals surface area (Å²) in [5.74, 6) is -0.265. The summed E-state index contributed by atoms with van der Waals surface area (Å²) in [6.45, 7) is 1.97. The fraction of sp³-hybridized carbons (Fsp3) is 0.0435. The third kappa shape index (κ3) is 4.40. The zero-order valence-corrected chi connectivity index (χ0v) is 20.3. The molecule has 0 aliphatic carbocycles. The third-order valence-electron chi connectivity index (χ3n) is 4.63. The van der Waals surface area contributed by atoms with Gasteiger partial charge in [-0.25, -0.2) is 4.98 Å². The quantitative estimate of drug-likeness (QED) is 0.272. The van der Waals surface area contributed by atoms with Crippen molar-refractivity contribution in [2.45, 2.75) is 6.92 Å². The molecule has 0 aliphatic heterocycles. The summed E-state index contributed by atoms with van der Waals surface area (Å²) in [6, 6.07) is 18.4. The molecule has 3 nitrogen and oxygen atoms in total. The molecule has 1 amide bonds. The first-order valence-corrected chi connectivity index (χ1v) is 11.3. The average Bonchev–Trinajstić information content (AvgIpc) is 2.70. The lowest BCUT2D eigenvalue weighted by Crippen LogP contribution is -2.13. The smallest absolute Gasteiger partial charge is 0.256 e. The van der Waals surface area contributed by atoms with E-state index in [2.05, 4.69) is 37.2 Å². The van der Waals surface area contributed by atoms with E-state index in [0.717, 1.165) is 31.0 Å². The Morgan fingerprint density at radius 3 is 2.37 bits per heavy atom. The van der Waals surface area contributed by atoms with Crippen LogP contribution in [0.3, 0.4) is 0 Å². The number of benzene rings is 3. The molecule has 0 fully saturated rings. The summed E-state index contributed by atoms with van der Waals surface area (Å²) >= 11 is 19.2. The number of fused-ring (bicyclic) bond motifs is 1. The van der Waals surface area contributed by atoms with Crippen molar-refractivity contribution in [3.8, 4) is 11.3 Å². The highest BCUT2D eigenvalue weighted by atomic mass is 79.9. The zero-order chi connectivity index (χ0) is 21.4. The molecule has 0 saturated heterocycles. The van der Waals surface area contributed by atoms with E-state index in [9.17, 15) is 4.79 Å². The molecular formula is C23H14Br2Cl2N2O. The lowest BCUT2D eigenvalue weighted by molar-refractivity contribution is 0.102. The van der Waals surface area contributed by atoms with Crippen LogP contribution in [0.5, 0.6) is 0 Å². The van der Waals surface area contributed by atoms with E-state index < -0.39 is 0 Å². The van der Waals surface area contributed by atoms with Gasteiger partial charge in [0.05, 0.1) is 27.5 Å². The van der Waals surface area contributed by atoms with Crippen molar-refractivity contribution >= 4 is 77.6 Å². The molecule has 7 heteroatoms. The van der Waals surface area contributed by atoms with Gasteiger partial charge in [-0.2, -0.15) is 0 Å². The number of hydrogen-bond donors (Lipinski definition) is 1. The molecular weight excluding hydrogens is 551 g/mol. The van der Waals surface area contributed by atoms with E-state index in [1.54, 1.807) is 30.3 Å². The molecule has 0 aliphatic rings. The van der Waals surface area contributed by atoms with E-state index in [1.165, 1.54) is 0 Å². The van der Waals surface area contributed by atoms with Crippen molar-refractivity contribution in [3.05, 3.63) is 90.8 Å². The second kappa shape index (κ2) is 8.67. The molecule has 30 heavy (non-hydrogen) atoms. The Kier molecular flexibility index (Phi) is 6.16. The van der Waals surface area contributed by atoms with Gasteiger partial charge in [0, 0.05) is 24.9 Å². The van der Waals surface area contributed by atoms with Crippen molar-refractivity contribution in [3.63, 3.8) is 0 Å². The molecule has 1 N–H and O–H groups in total. The van der Waals surface area contributed by atoms with Gasteiger partial charge in [-0.15, -0.1) is 0 Å². The number of anilines is 1. The topological polar surface area (TPSA) is 42.0 Å². The number of nitrogens with one attached hydrogen (secondary N) is 1. The van der Waals surface area contributed by atoms with Gasteiger partial charge in [-0.3, -0.25) is 4.79 Å². The Labute approximate surface area is 200 Å². The van der Waals surface area contributed by atoms with Crippen molar-refractivity contribution in [1.82, 2.24) is 4.98 Å². The van der Waals surface area contributed by atoms with E-state index in [1.807, 2.05) is 37.3 Å². The van der Waals surface area contributed by atoms with Gasteiger partial charge >= 0.3 is 0 Å². The summed E-state index contributed by atoms with van der Waals surface area (Å²) < 4.78 is 1.72. The Morgan fingerprint density at radius 1 is 0.933 bits per heavy atom. The Hall–Kier alpha value is -1.92. The minimum absolute atomic E-state index is 0.265. The molecule has 0 radical (unpaired) electrons. The molecule has 0 saturated carbocycles. The fourth-order valence-electron chi connectivity index (χ4n) is 3.19. The molecule has 0 atom stereocenters. The maximum Gasteiger partial charge on any atom is 0.256 e. The van der Waals surface area contributed by atoms with E-state index in [-0.39, 0.29) is 5.91 Å². The summed E-state index contributed by atoms with van der Waals surface area (Å²) in [5, 5.41) is 4.76. The molecule has 0 spiro atoms. The van der Waals surface area contributed by atoms with Crippen LogP contribution >= 0.6 is 55.1 Å². The first-order valence-electron chi connectivity index (χ1n) is 8.95. The highest BCUT2D eigenvalue weighted by Crippen LogP contribution is 2.32. The largest absolute Gasteiger partial charge is 0.321 e. The van der Waals surface area contributed by atoms with Crippen LogP contribution in [0.25, 0.3) is 22.2 Å². The van der Waals surface area contributed by atoms with Crippen LogP contribution in [0.2, 0.25) is 10.0 Å². The van der Waals surface area contributed by atoms with Gasteiger partial charge in [0.15, 0.2) is 0 Å². The molecule has 3 aromatic carbocycles. The number of nitrogens with zero attached hydrogens (tertiary/aromatic N) is 1. The Balaban J connectivity index is 1.87. The van der Waals surface area contributed by atoms with Gasteiger partial charge in [0.25, 0.3) is 5.91 Å². The van der Waals surface area contributed by atoms with E-state index in [4.69, 9.17) is 28.2 Å². The predicted molar refractivity (Wildman–Crippen MR) is 132 cm³/mol. The van der Waals surface area contributed by atoms with Gasteiger partial charge < -0.3 is 5.32 Å². The number of amides is 1. The molecule has 0 unspecified atom stereocenters. The number of pyridine rings is 1. The van der Waals surface area contributed by atoms with Gasteiger partial charge in [0.1, 0.15) is 0 Å². The number of carbonyl (C=O) groups excluding carboxylic acids is 1. The molecule has 150 valence electrons. The third-order valence-corrected chi connectivity index (χ3v) is 6.15. The molecule has 0 bridgehead atoms. The molecule has 4 aromatic rings. The van der Waals surface area contributed by atoms with Gasteiger partial charge in [-0.1, -0.05) is 67.2 Å². The normalized spacial score (nSPS) is 11.0. The maximum atomic E-state index is 13.3. The van der Waals surface area contributed by atoms with Gasteiger partial charge in [0.2, 0.25) is 0 Å². The van der Waals surface area contributed by atoms with Crippen molar-refractivity contribution in [2.24, 2.45) is 0 Å². The highest BCUT2D eigenvalue weighted by Gasteiger charge is 2.17. The second-order valence-electron chi connectivity index (χ2n) is 6.76.